The number of hydrogen-bond donors (Lipinski definition) is 2. The molecule has 1 aromatic heterocycles. The molecule has 1 saturated carbocycles. The van der Waals surface area contributed by atoms with Crippen LogP contribution in [0.15, 0.2) is 18.2 Å². The Balaban J connectivity index is 1.87. The van der Waals surface area contributed by atoms with Crippen LogP contribution in [0.5, 0.6) is 0 Å². The van der Waals surface area contributed by atoms with Gasteiger partial charge in [-0.15, -0.1) is 0 Å². The van der Waals surface area contributed by atoms with E-state index < -0.39 is 0 Å². The van der Waals surface area contributed by atoms with Crippen molar-refractivity contribution in [1.82, 2.24) is 4.98 Å². The van der Waals surface area contributed by atoms with Crippen LogP contribution in [-0.2, 0) is 18.3 Å². The number of H-pyrrole nitrogens is 1. The summed E-state index contributed by atoms with van der Waals surface area (Å²) in [7, 11) is 0. The fourth-order valence-corrected chi connectivity index (χ4v) is 4.24. The number of aromatic amines is 1. The third-order valence-electron chi connectivity index (χ3n) is 5.41. The molecule has 0 radical (unpaired) electrons. The van der Waals surface area contributed by atoms with Crippen molar-refractivity contribution < 1.29 is 0 Å². The lowest BCUT2D eigenvalue weighted by atomic mass is 9.78. The lowest BCUT2D eigenvalue weighted by Gasteiger charge is -2.28. The minimum absolute atomic E-state index is 0.261. The Labute approximate surface area is 114 Å². The maximum Gasteiger partial charge on any atom is 0.0459 e. The maximum atomic E-state index is 6.13. The SMILES string of the molecule is NCC1(c2ccc3[nH]c4c(c3c2)CCC4)CCCC1. The Hall–Kier alpha value is -1.28. The number of aryl methyl sites for hydroxylation is 2. The van der Waals surface area contributed by atoms with Gasteiger partial charge in [0.2, 0.25) is 0 Å². The van der Waals surface area contributed by atoms with Gasteiger partial charge in [0.25, 0.3) is 0 Å². The highest BCUT2D eigenvalue weighted by atomic mass is 14.7. The molecule has 2 aliphatic rings. The number of benzene rings is 1. The van der Waals surface area contributed by atoms with E-state index in [1.54, 1.807) is 5.56 Å². The largest absolute Gasteiger partial charge is 0.358 e. The van der Waals surface area contributed by atoms with Crippen LogP contribution in [0.4, 0.5) is 0 Å². The minimum Gasteiger partial charge on any atom is -0.358 e. The van der Waals surface area contributed by atoms with Gasteiger partial charge in [0.15, 0.2) is 0 Å². The van der Waals surface area contributed by atoms with Gasteiger partial charge in [-0.05, 0) is 55.4 Å². The zero-order valence-electron chi connectivity index (χ0n) is 11.5. The zero-order chi connectivity index (χ0) is 12.9. The van der Waals surface area contributed by atoms with Crippen LogP contribution in [0.3, 0.4) is 0 Å². The van der Waals surface area contributed by atoms with Gasteiger partial charge in [-0.1, -0.05) is 18.9 Å². The Kier molecular flexibility index (Phi) is 2.49. The smallest absolute Gasteiger partial charge is 0.0459 e. The maximum absolute atomic E-state index is 6.13. The molecule has 2 nitrogen and oxygen atoms in total. The Morgan fingerprint density at radius 1 is 1.11 bits per heavy atom. The Bertz CT molecular complexity index is 617. The lowest BCUT2D eigenvalue weighted by molar-refractivity contribution is 0.453. The van der Waals surface area contributed by atoms with Crippen LogP contribution in [-0.4, -0.2) is 11.5 Å². The Morgan fingerprint density at radius 3 is 2.74 bits per heavy atom. The lowest BCUT2D eigenvalue weighted by Crippen LogP contribution is -2.31. The van der Waals surface area contributed by atoms with Gasteiger partial charge in [-0.25, -0.2) is 0 Å². The van der Waals surface area contributed by atoms with E-state index in [-0.39, 0.29) is 5.41 Å². The topological polar surface area (TPSA) is 41.8 Å². The van der Waals surface area contributed by atoms with E-state index in [9.17, 15) is 0 Å². The van der Waals surface area contributed by atoms with Crippen LogP contribution in [0.1, 0.15) is 48.9 Å². The molecule has 100 valence electrons. The molecule has 1 heterocycles. The molecular weight excluding hydrogens is 232 g/mol. The summed E-state index contributed by atoms with van der Waals surface area (Å²) < 4.78 is 0. The standard InChI is InChI=1S/C17H22N2/c18-11-17(8-1-2-9-17)12-6-7-16-14(10-12)13-4-3-5-15(13)19-16/h6-7,10,19H,1-5,8-9,11,18H2. The molecule has 0 spiro atoms. The van der Waals surface area contributed by atoms with Crippen molar-refractivity contribution in [2.75, 3.05) is 6.54 Å². The highest BCUT2D eigenvalue weighted by molar-refractivity contribution is 5.86. The summed E-state index contributed by atoms with van der Waals surface area (Å²) in [6, 6.07) is 7.03. The summed E-state index contributed by atoms with van der Waals surface area (Å²) >= 11 is 0. The van der Waals surface area contributed by atoms with E-state index in [1.807, 2.05) is 0 Å². The fraction of sp³-hybridized carbons (Fsp3) is 0.529. The molecule has 2 heteroatoms. The van der Waals surface area contributed by atoms with E-state index in [2.05, 4.69) is 23.2 Å². The van der Waals surface area contributed by atoms with Crippen LogP contribution >= 0.6 is 0 Å². The first-order chi connectivity index (χ1) is 9.32. The van der Waals surface area contributed by atoms with Crippen molar-refractivity contribution in [3.8, 4) is 0 Å². The van der Waals surface area contributed by atoms with Gasteiger partial charge < -0.3 is 10.7 Å². The number of hydrogen-bond acceptors (Lipinski definition) is 1. The van der Waals surface area contributed by atoms with Gasteiger partial charge in [-0.3, -0.25) is 0 Å². The Morgan fingerprint density at radius 2 is 1.95 bits per heavy atom. The second-order valence-corrected chi connectivity index (χ2v) is 6.39. The molecule has 1 fully saturated rings. The van der Waals surface area contributed by atoms with Gasteiger partial charge in [0, 0.05) is 28.6 Å². The normalized spacial score (nSPS) is 21.1. The second-order valence-electron chi connectivity index (χ2n) is 6.39. The molecule has 0 amide bonds. The van der Waals surface area contributed by atoms with E-state index in [0.717, 1.165) is 6.54 Å². The van der Waals surface area contributed by atoms with Crippen molar-refractivity contribution in [1.29, 1.82) is 0 Å². The monoisotopic (exact) mass is 254 g/mol. The number of rotatable bonds is 2. The average molecular weight is 254 g/mol. The van der Waals surface area contributed by atoms with Gasteiger partial charge in [0.05, 0.1) is 0 Å². The first kappa shape index (κ1) is 11.5. The number of aromatic nitrogens is 1. The van der Waals surface area contributed by atoms with Crippen molar-refractivity contribution in [2.24, 2.45) is 5.73 Å². The molecule has 2 aromatic rings. The first-order valence-electron chi connectivity index (χ1n) is 7.66. The zero-order valence-corrected chi connectivity index (χ0v) is 11.5. The number of nitrogens with one attached hydrogen (secondary N) is 1. The molecule has 19 heavy (non-hydrogen) atoms. The van der Waals surface area contributed by atoms with Crippen LogP contribution in [0.2, 0.25) is 0 Å². The van der Waals surface area contributed by atoms with Gasteiger partial charge in [0.1, 0.15) is 0 Å². The third kappa shape index (κ3) is 1.59. The van der Waals surface area contributed by atoms with Crippen LogP contribution in [0.25, 0.3) is 10.9 Å². The predicted octanol–water partition coefficient (Wildman–Crippen LogP) is 3.43. The summed E-state index contributed by atoms with van der Waals surface area (Å²) in [6.07, 6.45) is 8.98. The summed E-state index contributed by atoms with van der Waals surface area (Å²) in [5.41, 5.74) is 12.2. The molecule has 4 rings (SSSR count). The molecule has 0 aliphatic heterocycles. The van der Waals surface area contributed by atoms with Crippen molar-refractivity contribution in [3.63, 3.8) is 0 Å². The molecule has 0 atom stereocenters. The first-order valence-corrected chi connectivity index (χ1v) is 7.66. The van der Waals surface area contributed by atoms with E-state index in [1.165, 1.54) is 67.1 Å². The van der Waals surface area contributed by atoms with Crippen LogP contribution < -0.4 is 5.73 Å². The number of fused-ring (bicyclic) bond motifs is 3. The quantitative estimate of drug-likeness (QED) is 0.847. The van der Waals surface area contributed by atoms with Crippen molar-refractivity contribution in [2.45, 2.75) is 50.4 Å². The minimum atomic E-state index is 0.261. The van der Waals surface area contributed by atoms with E-state index >= 15 is 0 Å². The van der Waals surface area contributed by atoms with Gasteiger partial charge >= 0.3 is 0 Å². The average Bonchev–Trinajstić information content (AvgIpc) is 3.14. The molecule has 1 aromatic carbocycles. The molecule has 0 unspecified atom stereocenters. The van der Waals surface area contributed by atoms with Crippen molar-refractivity contribution >= 4 is 10.9 Å². The third-order valence-corrected chi connectivity index (χ3v) is 5.41. The van der Waals surface area contributed by atoms with Crippen molar-refractivity contribution in [3.05, 3.63) is 35.0 Å². The summed E-state index contributed by atoms with van der Waals surface area (Å²) in [4.78, 5) is 3.59. The summed E-state index contributed by atoms with van der Waals surface area (Å²) in [5.74, 6) is 0. The molecule has 2 aliphatic carbocycles. The van der Waals surface area contributed by atoms with E-state index in [4.69, 9.17) is 5.73 Å². The number of nitrogens with two attached hydrogens (primary N) is 1. The van der Waals surface area contributed by atoms with Gasteiger partial charge in [-0.2, -0.15) is 0 Å². The summed E-state index contributed by atoms with van der Waals surface area (Å²) in [5, 5.41) is 1.46. The predicted molar refractivity (Wildman–Crippen MR) is 79.5 cm³/mol. The molecular formula is C17H22N2. The highest BCUT2D eigenvalue weighted by Crippen LogP contribution is 2.42. The second kappa shape index (κ2) is 4.11. The molecule has 3 N–H and O–H groups in total. The molecule has 0 bridgehead atoms. The molecule has 0 saturated heterocycles. The fourth-order valence-electron chi connectivity index (χ4n) is 4.24. The van der Waals surface area contributed by atoms with E-state index in [0.29, 0.717) is 0 Å². The van der Waals surface area contributed by atoms with Crippen LogP contribution in [0, 0.1) is 0 Å². The summed E-state index contributed by atoms with van der Waals surface area (Å²) in [6.45, 7) is 0.797. The highest BCUT2D eigenvalue weighted by Gasteiger charge is 2.34.